The Balaban J connectivity index is 1.72. The molecule has 2 aliphatic rings. The number of hydrogen-bond acceptors (Lipinski definition) is 3. The molecule has 19 heavy (non-hydrogen) atoms. The summed E-state index contributed by atoms with van der Waals surface area (Å²) in [6.45, 7) is 3.96. The second kappa shape index (κ2) is 4.27. The summed E-state index contributed by atoms with van der Waals surface area (Å²) in [7, 11) is 0. The van der Waals surface area contributed by atoms with Gasteiger partial charge in [0.2, 0.25) is 0 Å². The first-order chi connectivity index (χ1) is 8.97. The summed E-state index contributed by atoms with van der Waals surface area (Å²) in [5.74, 6) is -0.131. The van der Waals surface area contributed by atoms with E-state index in [0.29, 0.717) is 6.54 Å². The summed E-state index contributed by atoms with van der Waals surface area (Å²) >= 11 is 1.75. The molecule has 3 rings (SSSR count). The molecule has 1 unspecified atom stereocenters. The summed E-state index contributed by atoms with van der Waals surface area (Å²) in [6, 6.07) is 7.98. The van der Waals surface area contributed by atoms with E-state index < -0.39 is 5.54 Å². The SMILES string of the molecule is CC1(C)NC(=O)N(CC2Cc3ccccc3S2)C1=O. The Morgan fingerprint density at radius 1 is 1.37 bits per heavy atom. The van der Waals surface area contributed by atoms with Crippen LogP contribution >= 0.6 is 11.8 Å². The van der Waals surface area contributed by atoms with Crippen molar-refractivity contribution in [1.29, 1.82) is 0 Å². The van der Waals surface area contributed by atoms with Crippen molar-refractivity contribution in [2.24, 2.45) is 0 Å². The van der Waals surface area contributed by atoms with Gasteiger partial charge in [0.05, 0.1) is 0 Å². The third-order valence-corrected chi connectivity index (χ3v) is 4.85. The van der Waals surface area contributed by atoms with Gasteiger partial charge in [-0.3, -0.25) is 9.69 Å². The lowest BCUT2D eigenvalue weighted by Crippen LogP contribution is -2.41. The third-order valence-electron chi connectivity index (χ3n) is 3.54. The topological polar surface area (TPSA) is 49.4 Å². The molecule has 2 aliphatic heterocycles. The van der Waals surface area contributed by atoms with Crippen molar-refractivity contribution in [2.75, 3.05) is 6.54 Å². The minimum Gasteiger partial charge on any atom is -0.324 e. The molecule has 100 valence electrons. The van der Waals surface area contributed by atoms with E-state index in [0.717, 1.165) is 6.42 Å². The van der Waals surface area contributed by atoms with Gasteiger partial charge in [-0.1, -0.05) is 18.2 Å². The maximum absolute atomic E-state index is 12.1. The Morgan fingerprint density at radius 3 is 2.74 bits per heavy atom. The van der Waals surface area contributed by atoms with Gasteiger partial charge in [0.15, 0.2) is 0 Å². The van der Waals surface area contributed by atoms with Gasteiger partial charge < -0.3 is 5.32 Å². The number of nitrogens with zero attached hydrogens (tertiary/aromatic N) is 1. The lowest BCUT2D eigenvalue weighted by molar-refractivity contribution is -0.130. The van der Waals surface area contributed by atoms with Crippen molar-refractivity contribution in [3.8, 4) is 0 Å². The van der Waals surface area contributed by atoms with Crippen LogP contribution in [0.3, 0.4) is 0 Å². The van der Waals surface area contributed by atoms with E-state index in [4.69, 9.17) is 0 Å². The van der Waals surface area contributed by atoms with Crippen LogP contribution in [0.5, 0.6) is 0 Å². The molecule has 1 aromatic rings. The highest BCUT2D eigenvalue weighted by molar-refractivity contribution is 8.00. The van der Waals surface area contributed by atoms with E-state index in [1.165, 1.54) is 15.4 Å². The van der Waals surface area contributed by atoms with Gasteiger partial charge in [-0.15, -0.1) is 11.8 Å². The standard InChI is InChI=1S/C14H16N2O2S/c1-14(2)12(17)16(13(18)15-14)8-10-7-9-5-3-4-6-11(9)19-10/h3-6,10H,7-8H2,1-2H3,(H,15,18). The normalized spacial score (nSPS) is 24.5. The van der Waals surface area contributed by atoms with E-state index in [9.17, 15) is 9.59 Å². The molecule has 2 heterocycles. The first kappa shape index (κ1) is 12.5. The smallest absolute Gasteiger partial charge is 0.324 e. The van der Waals surface area contributed by atoms with Gasteiger partial charge in [0.1, 0.15) is 5.54 Å². The van der Waals surface area contributed by atoms with E-state index in [2.05, 4.69) is 17.4 Å². The quantitative estimate of drug-likeness (QED) is 0.841. The van der Waals surface area contributed by atoms with Crippen molar-refractivity contribution in [3.05, 3.63) is 29.8 Å². The molecule has 3 amide bonds. The predicted molar refractivity (Wildman–Crippen MR) is 74.1 cm³/mol. The molecular weight excluding hydrogens is 260 g/mol. The zero-order valence-corrected chi connectivity index (χ0v) is 11.8. The zero-order valence-electron chi connectivity index (χ0n) is 11.0. The predicted octanol–water partition coefficient (Wildman–Crippen LogP) is 2.03. The van der Waals surface area contributed by atoms with E-state index in [1.807, 2.05) is 12.1 Å². The lowest BCUT2D eigenvalue weighted by atomic mass is 10.1. The Bertz CT molecular complexity index is 531. The van der Waals surface area contributed by atoms with Gasteiger partial charge in [-0.2, -0.15) is 0 Å². The fraction of sp³-hybridized carbons (Fsp3) is 0.429. The van der Waals surface area contributed by atoms with Crippen LogP contribution in [0.2, 0.25) is 0 Å². The molecule has 0 spiro atoms. The number of hydrogen-bond donors (Lipinski definition) is 1. The van der Waals surface area contributed by atoms with E-state index >= 15 is 0 Å². The molecule has 0 aromatic heterocycles. The zero-order chi connectivity index (χ0) is 13.6. The number of amides is 3. The van der Waals surface area contributed by atoms with Crippen LogP contribution in [0.25, 0.3) is 0 Å². The van der Waals surface area contributed by atoms with Gasteiger partial charge in [-0.25, -0.2) is 4.79 Å². The largest absolute Gasteiger partial charge is 0.325 e. The number of imide groups is 1. The highest BCUT2D eigenvalue weighted by atomic mass is 32.2. The monoisotopic (exact) mass is 276 g/mol. The Labute approximate surface area is 116 Å². The van der Waals surface area contributed by atoms with Crippen LogP contribution in [-0.2, 0) is 11.2 Å². The number of fused-ring (bicyclic) bond motifs is 1. The molecular formula is C14H16N2O2S. The fourth-order valence-corrected chi connectivity index (χ4v) is 3.85. The van der Waals surface area contributed by atoms with Gasteiger partial charge >= 0.3 is 6.03 Å². The van der Waals surface area contributed by atoms with Crippen LogP contribution in [0, 0.1) is 0 Å². The van der Waals surface area contributed by atoms with Crippen molar-refractivity contribution in [2.45, 2.75) is 36.0 Å². The first-order valence-electron chi connectivity index (χ1n) is 6.36. The number of carbonyl (C=O) groups is 2. The highest BCUT2D eigenvalue weighted by Crippen LogP contribution is 2.37. The summed E-state index contributed by atoms with van der Waals surface area (Å²) in [5.41, 5.74) is 0.538. The molecule has 1 aromatic carbocycles. The third kappa shape index (κ3) is 2.12. The second-order valence-electron chi connectivity index (χ2n) is 5.52. The molecule has 0 bridgehead atoms. The van der Waals surface area contributed by atoms with E-state index in [1.54, 1.807) is 25.6 Å². The number of thioether (sulfide) groups is 1. The van der Waals surface area contributed by atoms with Gasteiger partial charge in [-0.05, 0) is 31.9 Å². The Kier molecular flexibility index (Phi) is 2.82. The van der Waals surface area contributed by atoms with Crippen LogP contribution in [0.15, 0.2) is 29.2 Å². The highest BCUT2D eigenvalue weighted by Gasteiger charge is 2.45. The molecule has 0 saturated carbocycles. The summed E-state index contributed by atoms with van der Waals surface area (Å²) in [4.78, 5) is 26.6. The van der Waals surface area contributed by atoms with Gasteiger partial charge in [0, 0.05) is 16.7 Å². The summed E-state index contributed by atoms with van der Waals surface area (Å²) in [5, 5.41) is 2.98. The number of rotatable bonds is 2. The first-order valence-corrected chi connectivity index (χ1v) is 7.24. The Morgan fingerprint density at radius 2 is 2.11 bits per heavy atom. The molecule has 1 N–H and O–H groups in total. The molecule has 1 atom stereocenters. The summed E-state index contributed by atoms with van der Waals surface area (Å²) < 4.78 is 0. The van der Waals surface area contributed by atoms with Crippen LogP contribution < -0.4 is 5.32 Å². The minimum absolute atomic E-state index is 0.131. The van der Waals surface area contributed by atoms with Gasteiger partial charge in [0.25, 0.3) is 5.91 Å². The number of benzene rings is 1. The molecule has 5 heteroatoms. The maximum Gasteiger partial charge on any atom is 0.325 e. The fourth-order valence-electron chi connectivity index (χ4n) is 2.54. The lowest BCUT2D eigenvalue weighted by Gasteiger charge is -2.18. The average molecular weight is 276 g/mol. The molecule has 0 aliphatic carbocycles. The van der Waals surface area contributed by atoms with Crippen molar-refractivity contribution >= 4 is 23.7 Å². The Hall–Kier alpha value is -1.49. The summed E-state index contributed by atoms with van der Waals surface area (Å²) in [6.07, 6.45) is 0.915. The molecule has 1 fully saturated rings. The average Bonchev–Trinajstić information content (AvgIpc) is 2.83. The van der Waals surface area contributed by atoms with Crippen molar-refractivity contribution in [1.82, 2.24) is 10.2 Å². The van der Waals surface area contributed by atoms with Crippen LogP contribution in [0.1, 0.15) is 19.4 Å². The van der Waals surface area contributed by atoms with E-state index in [-0.39, 0.29) is 17.2 Å². The van der Waals surface area contributed by atoms with Crippen molar-refractivity contribution in [3.63, 3.8) is 0 Å². The van der Waals surface area contributed by atoms with Crippen LogP contribution in [0.4, 0.5) is 4.79 Å². The second-order valence-corrected chi connectivity index (χ2v) is 6.86. The molecule has 4 nitrogen and oxygen atoms in total. The number of urea groups is 1. The number of carbonyl (C=O) groups excluding carboxylic acids is 2. The number of nitrogens with one attached hydrogen (secondary N) is 1. The minimum atomic E-state index is -0.771. The molecule has 1 saturated heterocycles. The maximum atomic E-state index is 12.1. The molecule has 0 radical (unpaired) electrons. The van der Waals surface area contributed by atoms with Crippen molar-refractivity contribution < 1.29 is 9.59 Å². The van der Waals surface area contributed by atoms with Crippen LogP contribution in [-0.4, -0.2) is 34.2 Å².